The van der Waals surface area contributed by atoms with Crippen LogP contribution in [0.1, 0.15) is 125 Å². The van der Waals surface area contributed by atoms with Crippen molar-refractivity contribution in [2.24, 2.45) is 4.99 Å². The number of nitrogen functional groups attached to an aromatic ring is 1. The Morgan fingerprint density at radius 2 is 0.608 bits per heavy atom. The monoisotopic (exact) mass is 1350 g/mol. The van der Waals surface area contributed by atoms with Crippen molar-refractivity contribution in [2.45, 2.75) is 129 Å². The number of aromatic nitrogens is 18. The van der Waals surface area contributed by atoms with Crippen molar-refractivity contribution in [3.05, 3.63) is 40.6 Å². The lowest BCUT2D eigenvalue weighted by Gasteiger charge is -2.12. The number of nitrogens with two attached hydrogens (primary N) is 1. The zero-order chi connectivity index (χ0) is 69.6. The van der Waals surface area contributed by atoms with Crippen LogP contribution in [0.3, 0.4) is 0 Å². The van der Waals surface area contributed by atoms with E-state index in [1.54, 1.807) is 0 Å². The van der Waals surface area contributed by atoms with Gasteiger partial charge in [0.1, 0.15) is 34.9 Å². The van der Waals surface area contributed by atoms with Gasteiger partial charge in [0.2, 0.25) is 71.0 Å². The van der Waals surface area contributed by atoms with Crippen molar-refractivity contribution >= 4 is 101 Å². The predicted molar refractivity (Wildman–Crippen MR) is 349 cm³/mol. The molecular weight excluding hydrogens is 1270 g/mol. The van der Waals surface area contributed by atoms with Gasteiger partial charge in [-0.15, -0.1) is 0 Å². The quantitative estimate of drug-likeness (QED) is 0.0234. The highest BCUT2D eigenvalue weighted by molar-refractivity contribution is 5.69. The maximum Gasteiger partial charge on any atom is 0.305 e. The van der Waals surface area contributed by atoms with Gasteiger partial charge in [-0.25, -0.2) is 4.99 Å². The zero-order valence-electron chi connectivity index (χ0n) is 53.5. The summed E-state index contributed by atoms with van der Waals surface area (Å²) in [6.45, 7) is 4.19. The fourth-order valence-corrected chi connectivity index (χ4v) is 8.34. The van der Waals surface area contributed by atoms with E-state index in [9.17, 15) is 49.2 Å². The molecule has 0 fully saturated rings. The van der Waals surface area contributed by atoms with Crippen LogP contribution in [0.25, 0.3) is 0 Å². The number of carboxylic acid groups (broad SMARTS) is 6. The first kappa shape index (κ1) is 74.5. The van der Waals surface area contributed by atoms with E-state index in [2.05, 4.69) is 155 Å². The molecule has 19 N–H and O–H groups in total. The van der Waals surface area contributed by atoms with Gasteiger partial charge in [-0.3, -0.25) is 28.8 Å². The van der Waals surface area contributed by atoms with Crippen molar-refractivity contribution in [1.29, 1.82) is 0 Å². The Morgan fingerprint density at radius 3 is 0.918 bits per heavy atom. The van der Waals surface area contributed by atoms with Crippen LogP contribution in [0.2, 0.25) is 0 Å². The van der Waals surface area contributed by atoms with E-state index in [1.165, 1.54) is 0 Å². The van der Waals surface area contributed by atoms with E-state index in [0.29, 0.717) is 144 Å². The number of carboxylic acids is 6. The normalized spacial score (nSPS) is 11.1. The third-order valence-corrected chi connectivity index (χ3v) is 12.9. The molecule has 6 heterocycles. The van der Waals surface area contributed by atoms with E-state index in [0.717, 1.165) is 12.8 Å². The molecule has 0 radical (unpaired) electrons. The number of nitrogens with zero attached hydrogens (tertiary/aromatic N) is 18. The molecule has 0 saturated heterocycles. The van der Waals surface area contributed by atoms with E-state index in [4.69, 9.17) is 15.9 Å². The van der Waals surface area contributed by atoms with Crippen LogP contribution in [0.5, 0.6) is 0 Å². The first-order valence-electron chi connectivity index (χ1n) is 31.5. The summed E-state index contributed by atoms with van der Waals surface area (Å²) in [6, 6.07) is 0. The molecular formula is C55H82N30O12. The number of aryl methyl sites for hydroxylation is 6. The van der Waals surface area contributed by atoms with Gasteiger partial charge in [-0.2, -0.15) is 84.7 Å². The van der Waals surface area contributed by atoms with Gasteiger partial charge in [0.15, 0.2) is 0 Å². The van der Waals surface area contributed by atoms with Gasteiger partial charge >= 0.3 is 35.8 Å². The van der Waals surface area contributed by atoms with Crippen LogP contribution in [0.15, 0.2) is 4.99 Å². The van der Waals surface area contributed by atoms with Gasteiger partial charge < -0.3 is 94.5 Å². The number of carbonyl (C=O) groups is 6. The lowest BCUT2D eigenvalue weighted by Crippen LogP contribution is -2.22. The molecule has 0 unspecified atom stereocenters. The van der Waals surface area contributed by atoms with Crippen molar-refractivity contribution in [2.75, 3.05) is 131 Å². The fourth-order valence-electron chi connectivity index (χ4n) is 8.34. The summed E-state index contributed by atoms with van der Waals surface area (Å²) in [6.07, 6.45) is 5.59. The minimum Gasteiger partial charge on any atom is -0.481 e. The third-order valence-electron chi connectivity index (χ3n) is 12.9. The number of rotatable bonds is 51. The highest BCUT2D eigenvalue weighted by atomic mass is 16.4. The predicted octanol–water partition coefficient (Wildman–Crippen LogP) is 0.686. The van der Waals surface area contributed by atoms with Crippen LogP contribution >= 0.6 is 0 Å². The number of unbranched alkanes of at least 4 members (excludes halogenated alkanes) is 1. The number of H-pyrrole nitrogens is 1. The Hall–Kier alpha value is -11.5. The van der Waals surface area contributed by atoms with E-state index in [-0.39, 0.29) is 143 Å². The molecule has 6 rings (SSSR count). The molecule has 0 aliphatic rings. The maximum absolute atomic E-state index is 11.4. The van der Waals surface area contributed by atoms with E-state index < -0.39 is 35.8 Å². The number of aromatic amines is 1. The molecule has 0 saturated carbocycles. The molecule has 0 aliphatic heterocycles. The highest BCUT2D eigenvalue weighted by Gasteiger charge is 2.15. The van der Waals surface area contributed by atoms with Crippen LogP contribution in [-0.2, 0) is 67.3 Å². The summed E-state index contributed by atoms with van der Waals surface area (Å²) in [4.78, 5) is 151. The second kappa shape index (κ2) is 41.2. The van der Waals surface area contributed by atoms with Crippen LogP contribution in [0, 0.1) is 0 Å². The molecule has 0 aliphatic carbocycles. The molecule has 0 aromatic carbocycles. The van der Waals surface area contributed by atoms with Gasteiger partial charge in [-0.05, 0) is 38.5 Å². The van der Waals surface area contributed by atoms with Crippen molar-refractivity contribution in [3.63, 3.8) is 0 Å². The van der Waals surface area contributed by atoms with Gasteiger partial charge in [0.25, 0.3) is 0 Å². The average molecular weight is 1360 g/mol. The van der Waals surface area contributed by atoms with Crippen molar-refractivity contribution in [3.8, 4) is 0 Å². The molecule has 6 aromatic rings. The summed E-state index contributed by atoms with van der Waals surface area (Å²) >= 11 is 0. The minimum absolute atomic E-state index is 0.0235. The standard InChI is InChI=1S/C55H82N30O12/c1-2-3-9-33-70-46(81-51(71-33)63-27-16-39(88)89)58-22-5-11-35-73-48(83-53(77-35)65-29-18-41(92)93)60-24-7-13-37-75-50(85-55(79-37)67-31-20-43(96)97)61-25-8-14-36-74-49(84-54(78-36)66-30-19-42(94)95)59-23-6-12-34-72-47(82-52(76-34)64-28-17-40(90)91)57-21-4-10-32-68-44(56)80-45(69-32)62-26-15-38(86)87/h2-31H2,1H3,(H,86,87)(H,88,89)(H,90,91)(H,92,93)(H,94,95)(H,96,97)(H3,56,62,68,69,80)(H2,57,64,72,76,82)(H2,58,63,70,71,81)(H2,59,66,74,78,84)(H2,60,65,73,77,83)(H2,61,67,75,79,85). The Labute approximate surface area is 554 Å². The zero-order valence-corrected chi connectivity index (χ0v) is 53.5. The topological polar surface area (TPSA) is 617 Å². The molecule has 97 heavy (non-hydrogen) atoms. The summed E-state index contributed by atoms with van der Waals surface area (Å²) in [5.74, 6) is -1.33. The van der Waals surface area contributed by atoms with Crippen LogP contribution in [-0.4, -0.2) is 228 Å². The van der Waals surface area contributed by atoms with Crippen LogP contribution in [0.4, 0.5) is 65.4 Å². The van der Waals surface area contributed by atoms with Gasteiger partial charge in [-0.1, -0.05) is 13.3 Å². The van der Waals surface area contributed by atoms with Crippen LogP contribution < -0.4 is 64.5 Å². The third kappa shape index (κ3) is 31.3. The minimum atomic E-state index is -1.02. The molecule has 0 spiro atoms. The molecule has 42 heteroatoms. The summed E-state index contributed by atoms with van der Waals surface area (Å²) in [5.41, 5.74) is 6.09. The molecule has 524 valence electrons. The number of hydrogen-bond donors (Lipinski definition) is 18. The fraction of sp³-hybridized carbons (Fsp3) is 0.564. The lowest BCUT2D eigenvalue weighted by molar-refractivity contribution is -0.137. The molecule has 0 bridgehead atoms. The largest absolute Gasteiger partial charge is 0.481 e. The molecule has 0 atom stereocenters. The number of aliphatic carboxylic acids is 6. The molecule has 0 amide bonds. The molecule has 6 aromatic heterocycles. The van der Waals surface area contributed by atoms with Gasteiger partial charge in [0, 0.05) is 111 Å². The second-order valence-corrected chi connectivity index (χ2v) is 21.1. The first-order valence-corrected chi connectivity index (χ1v) is 31.5. The average Bonchev–Trinajstić information content (AvgIpc) is 1.63. The van der Waals surface area contributed by atoms with Crippen molar-refractivity contribution in [1.82, 2.24) is 89.7 Å². The Kier molecular flexibility index (Phi) is 31.7. The van der Waals surface area contributed by atoms with E-state index >= 15 is 0 Å². The number of nitrogens with one attached hydrogen (secondary N) is 11. The van der Waals surface area contributed by atoms with Gasteiger partial charge in [0.05, 0.1) is 38.5 Å². The Balaban J connectivity index is 1.05. The first-order chi connectivity index (χ1) is 46.8. The van der Waals surface area contributed by atoms with Crippen molar-refractivity contribution < 1.29 is 59.4 Å². The second-order valence-electron chi connectivity index (χ2n) is 21.1. The summed E-state index contributed by atoms with van der Waals surface area (Å²) in [5, 5.41) is 85.4. The number of hydrogen-bond acceptors (Lipinski definition) is 35. The smallest absolute Gasteiger partial charge is 0.305 e. The van der Waals surface area contributed by atoms with E-state index in [1.807, 2.05) is 0 Å². The Morgan fingerprint density at radius 1 is 0.330 bits per heavy atom. The molecule has 42 nitrogen and oxygen atoms in total. The lowest BCUT2D eigenvalue weighted by atomic mass is 10.2. The number of anilines is 11. The summed E-state index contributed by atoms with van der Waals surface area (Å²) < 4.78 is 0. The SMILES string of the molecule is CCCCc1nc(=NCCCc2nc(NCCCc3nc(NCCCc4nc(NCCCc5nc(NCCCc6nc(N)nc(NCCC(=O)O)n6)nc(NCCC(=O)O)n5)nc(NCCC(=O)O)n4)nc(NCCC(=O)O)n3)nc(NCCC(=O)O)n2)nc(NCCC(=O)O)[nH]1. The highest BCUT2D eigenvalue weighted by Crippen LogP contribution is 2.15. The Bertz CT molecular complexity index is 3610. The summed E-state index contributed by atoms with van der Waals surface area (Å²) in [7, 11) is 0. The maximum atomic E-state index is 11.4.